The first-order chi connectivity index (χ1) is 12.4. The summed E-state index contributed by atoms with van der Waals surface area (Å²) in [6, 6.07) is 7.56. The number of anilines is 1. The summed E-state index contributed by atoms with van der Waals surface area (Å²) in [7, 11) is -0.958. The first kappa shape index (κ1) is 17.9. The standard InChI is InChI=1S/C17H18N2O6S/c1-10-11(2)18-25-17(10)14-7-8-16(24-14)26(20,21)19-12-5-6-13(22-3)15(9-12)23-4/h5-9,19H,1-4H3. The van der Waals surface area contributed by atoms with Crippen molar-refractivity contribution in [2.45, 2.75) is 18.9 Å². The van der Waals surface area contributed by atoms with Crippen LogP contribution in [0, 0.1) is 13.8 Å². The first-order valence-electron chi connectivity index (χ1n) is 7.63. The fourth-order valence-corrected chi connectivity index (χ4v) is 3.32. The highest BCUT2D eigenvalue weighted by Crippen LogP contribution is 2.32. The number of sulfonamides is 1. The molecule has 0 radical (unpaired) electrons. The molecule has 0 aliphatic carbocycles. The normalized spacial score (nSPS) is 11.4. The predicted octanol–water partition coefficient (Wildman–Crippen LogP) is 3.37. The maximum Gasteiger partial charge on any atom is 0.295 e. The van der Waals surface area contributed by atoms with Crippen molar-refractivity contribution in [2.24, 2.45) is 0 Å². The van der Waals surface area contributed by atoms with Crippen molar-refractivity contribution in [3.8, 4) is 23.0 Å². The predicted molar refractivity (Wildman–Crippen MR) is 94.0 cm³/mol. The second-order valence-electron chi connectivity index (χ2n) is 5.52. The molecule has 8 nitrogen and oxygen atoms in total. The summed E-state index contributed by atoms with van der Waals surface area (Å²) in [6.45, 7) is 3.61. The molecule has 3 rings (SSSR count). The van der Waals surface area contributed by atoms with Gasteiger partial charge in [-0.1, -0.05) is 5.16 Å². The number of methoxy groups -OCH3 is 2. The van der Waals surface area contributed by atoms with Crippen molar-refractivity contribution < 1.29 is 26.8 Å². The summed E-state index contributed by atoms with van der Waals surface area (Å²) < 4.78 is 48.5. The number of hydrogen-bond donors (Lipinski definition) is 1. The number of benzene rings is 1. The third-order valence-electron chi connectivity index (χ3n) is 3.86. The van der Waals surface area contributed by atoms with Gasteiger partial charge in [0.2, 0.25) is 10.9 Å². The van der Waals surface area contributed by atoms with E-state index in [-0.39, 0.29) is 10.9 Å². The molecular weight excluding hydrogens is 360 g/mol. The lowest BCUT2D eigenvalue weighted by Crippen LogP contribution is -2.12. The van der Waals surface area contributed by atoms with Crippen molar-refractivity contribution in [3.05, 3.63) is 41.6 Å². The van der Waals surface area contributed by atoms with Gasteiger partial charge in [0, 0.05) is 11.6 Å². The number of aryl methyl sites for hydroxylation is 1. The molecule has 0 aliphatic rings. The lowest BCUT2D eigenvalue weighted by Gasteiger charge is -2.10. The van der Waals surface area contributed by atoms with E-state index in [1.807, 2.05) is 6.92 Å². The van der Waals surface area contributed by atoms with Crippen LogP contribution in [0.5, 0.6) is 11.5 Å². The van der Waals surface area contributed by atoms with Crippen molar-refractivity contribution in [1.82, 2.24) is 5.16 Å². The van der Waals surface area contributed by atoms with Gasteiger partial charge < -0.3 is 18.4 Å². The van der Waals surface area contributed by atoms with E-state index in [0.717, 1.165) is 5.56 Å². The van der Waals surface area contributed by atoms with Crippen LogP contribution in [0.2, 0.25) is 0 Å². The molecule has 3 aromatic rings. The molecule has 0 fully saturated rings. The van der Waals surface area contributed by atoms with Gasteiger partial charge in [0.05, 0.1) is 25.6 Å². The lowest BCUT2D eigenvalue weighted by atomic mass is 10.2. The topological polar surface area (TPSA) is 104 Å². The van der Waals surface area contributed by atoms with Crippen LogP contribution >= 0.6 is 0 Å². The van der Waals surface area contributed by atoms with Gasteiger partial charge in [0.1, 0.15) is 0 Å². The van der Waals surface area contributed by atoms with E-state index in [0.29, 0.717) is 28.6 Å². The largest absolute Gasteiger partial charge is 0.493 e. The van der Waals surface area contributed by atoms with Gasteiger partial charge in [-0.3, -0.25) is 4.72 Å². The van der Waals surface area contributed by atoms with Gasteiger partial charge in [-0.05, 0) is 38.1 Å². The summed E-state index contributed by atoms with van der Waals surface area (Å²) in [5.41, 5.74) is 1.81. The van der Waals surface area contributed by atoms with Crippen LogP contribution in [0.1, 0.15) is 11.3 Å². The molecule has 1 aromatic carbocycles. The Labute approximate surface area is 150 Å². The molecule has 9 heteroatoms. The fraction of sp³-hybridized carbons (Fsp3) is 0.235. The van der Waals surface area contributed by atoms with Gasteiger partial charge >= 0.3 is 0 Å². The zero-order valence-electron chi connectivity index (χ0n) is 14.7. The quantitative estimate of drug-likeness (QED) is 0.701. The summed E-state index contributed by atoms with van der Waals surface area (Å²) in [5, 5.41) is 3.60. The summed E-state index contributed by atoms with van der Waals surface area (Å²) in [5.74, 6) is 1.58. The highest BCUT2D eigenvalue weighted by atomic mass is 32.2. The Kier molecular flexibility index (Phi) is 4.64. The smallest absolute Gasteiger partial charge is 0.295 e. The molecule has 2 heterocycles. The van der Waals surface area contributed by atoms with E-state index >= 15 is 0 Å². The monoisotopic (exact) mass is 378 g/mol. The number of furan rings is 1. The first-order valence-corrected chi connectivity index (χ1v) is 9.12. The molecule has 0 saturated carbocycles. The molecule has 0 aliphatic heterocycles. The molecule has 26 heavy (non-hydrogen) atoms. The number of rotatable bonds is 6. The highest BCUT2D eigenvalue weighted by Gasteiger charge is 2.22. The number of nitrogens with one attached hydrogen (secondary N) is 1. The zero-order chi connectivity index (χ0) is 18.9. The van der Waals surface area contributed by atoms with Crippen LogP contribution < -0.4 is 14.2 Å². The highest BCUT2D eigenvalue weighted by molar-refractivity contribution is 7.92. The second kappa shape index (κ2) is 6.75. The SMILES string of the molecule is COc1ccc(NS(=O)(=O)c2ccc(-c3onc(C)c3C)o2)cc1OC. The average molecular weight is 378 g/mol. The van der Waals surface area contributed by atoms with Crippen molar-refractivity contribution >= 4 is 15.7 Å². The van der Waals surface area contributed by atoms with E-state index in [1.54, 1.807) is 19.1 Å². The van der Waals surface area contributed by atoms with E-state index in [4.69, 9.17) is 18.4 Å². The molecule has 138 valence electrons. The lowest BCUT2D eigenvalue weighted by molar-refractivity contribution is 0.355. The Morgan fingerprint density at radius 3 is 2.38 bits per heavy atom. The number of nitrogens with zero attached hydrogens (tertiary/aromatic N) is 1. The van der Waals surface area contributed by atoms with Crippen LogP contribution in [0.25, 0.3) is 11.5 Å². The Bertz CT molecular complexity index is 1040. The maximum atomic E-state index is 12.6. The van der Waals surface area contributed by atoms with Gasteiger partial charge in [-0.25, -0.2) is 0 Å². The van der Waals surface area contributed by atoms with Crippen LogP contribution in [-0.4, -0.2) is 27.8 Å². The average Bonchev–Trinajstić information content (AvgIpc) is 3.23. The van der Waals surface area contributed by atoms with E-state index in [9.17, 15) is 8.42 Å². The van der Waals surface area contributed by atoms with Crippen molar-refractivity contribution in [1.29, 1.82) is 0 Å². The minimum atomic E-state index is -3.93. The summed E-state index contributed by atoms with van der Waals surface area (Å²) in [6.07, 6.45) is 0. The molecule has 0 amide bonds. The molecular formula is C17H18N2O6S. The fourth-order valence-electron chi connectivity index (χ4n) is 2.34. The number of hydrogen-bond acceptors (Lipinski definition) is 7. The van der Waals surface area contributed by atoms with Gasteiger partial charge in [0.25, 0.3) is 10.0 Å². The zero-order valence-corrected chi connectivity index (χ0v) is 15.5. The molecule has 0 bridgehead atoms. The molecule has 0 atom stereocenters. The van der Waals surface area contributed by atoms with Crippen LogP contribution in [-0.2, 0) is 10.0 Å². The number of ether oxygens (including phenoxy) is 2. The van der Waals surface area contributed by atoms with Gasteiger partial charge in [0.15, 0.2) is 17.3 Å². The summed E-state index contributed by atoms with van der Waals surface area (Å²) >= 11 is 0. The van der Waals surface area contributed by atoms with Crippen LogP contribution in [0.4, 0.5) is 5.69 Å². The van der Waals surface area contributed by atoms with Crippen LogP contribution in [0.3, 0.4) is 0 Å². The second-order valence-corrected chi connectivity index (χ2v) is 7.13. The van der Waals surface area contributed by atoms with Gasteiger partial charge in [-0.15, -0.1) is 0 Å². The van der Waals surface area contributed by atoms with Crippen molar-refractivity contribution in [3.63, 3.8) is 0 Å². The minimum absolute atomic E-state index is 0.240. The molecule has 0 saturated heterocycles. The van der Waals surface area contributed by atoms with Crippen LogP contribution in [0.15, 0.2) is 44.4 Å². The molecule has 1 N–H and O–H groups in total. The Hall–Kier alpha value is -2.94. The Balaban J connectivity index is 1.89. The summed E-state index contributed by atoms with van der Waals surface area (Å²) in [4.78, 5) is 0. The van der Waals surface area contributed by atoms with E-state index < -0.39 is 10.0 Å². The Morgan fingerprint density at radius 2 is 1.77 bits per heavy atom. The van der Waals surface area contributed by atoms with E-state index in [1.165, 1.54) is 32.4 Å². The third-order valence-corrected chi connectivity index (χ3v) is 5.12. The molecule has 2 aromatic heterocycles. The van der Waals surface area contributed by atoms with Crippen molar-refractivity contribution in [2.75, 3.05) is 18.9 Å². The molecule has 0 unspecified atom stereocenters. The number of aromatic nitrogens is 1. The maximum absolute atomic E-state index is 12.6. The van der Waals surface area contributed by atoms with E-state index in [2.05, 4.69) is 9.88 Å². The third kappa shape index (κ3) is 3.25. The minimum Gasteiger partial charge on any atom is -0.493 e. The Morgan fingerprint density at radius 1 is 1.04 bits per heavy atom. The van der Waals surface area contributed by atoms with Gasteiger partial charge in [-0.2, -0.15) is 8.42 Å². The molecule has 0 spiro atoms.